The molecule has 1 N–H and O–H groups in total. The second-order valence-corrected chi connectivity index (χ2v) is 6.45. The predicted octanol–water partition coefficient (Wildman–Crippen LogP) is 3.79. The number of rotatable bonds is 7. The van der Waals surface area contributed by atoms with Crippen molar-refractivity contribution in [2.75, 3.05) is 19.0 Å². The van der Waals surface area contributed by atoms with Crippen LogP contribution >= 0.6 is 0 Å². The van der Waals surface area contributed by atoms with Crippen LogP contribution < -0.4 is 5.32 Å². The van der Waals surface area contributed by atoms with E-state index in [0.717, 1.165) is 11.1 Å². The van der Waals surface area contributed by atoms with Gasteiger partial charge in [0.05, 0.1) is 18.4 Å². The smallest absolute Gasteiger partial charge is 0.339 e. The number of benzene rings is 3. The normalized spacial score (nSPS) is 10.3. The monoisotopic (exact) mass is 403 g/mol. The molecule has 152 valence electrons. The maximum atomic E-state index is 12.8. The summed E-state index contributed by atoms with van der Waals surface area (Å²) in [5, 5.41) is 2.58. The Balaban J connectivity index is 1.70. The molecule has 0 aromatic heterocycles. The van der Waals surface area contributed by atoms with E-state index in [4.69, 9.17) is 9.47 Å². The zero-order valence-corrected chi connectivity index (χ0v) is 16.4. The van der Waals surface area contributed by atoms with Gasteiger partial charge in [-0.15, -0.1) is 0 Å². The van der Waals surface area contributed by atoms with Gasteiger partial charge in [-0.3, -0.25) is 9.59 Å². The first-order chi connectivity index (χ1) is 14.6. The molecule has 0 saturated heterocycles. The van der Waals surface area contributed by atoms with Gasteiger partial charge < -0.3 is 14.8 Å². The van der Waals surface area contributed by atoms with E-state index in [9.17, 15) is 14.4 Å². The Morgan fingerprint density at radius 2 is 1.33 bits per heavy atom. The van der Waals surface area contributed by atoms with Crippen molar-refractivity contribution in [1.82, 2.24) is 0 Å². The number of carbonyl (C=O) groups is 3. The molecule has 6 nitrogen and oxygen atoms in total. The lowest BCUT2D eigenvalue weighted by molar-refractivity contribution is -0.147. The Morgan fingerprint density at radius 1 is 0.800 bits per heavy atom. The van der Waals surface area contributed by atoms with Gasteiger partial charge in [-0.05, 0) is 23.3 Å². The minimum absolute atomic E-state index is 0.214. The van der Waals surface area contributed by atoms with Crippen molar-refractivity contribution in [3.8, 4) is 0 Å². The van der Waals surface area contributed by atoms with E-state index in [1.807, 2.05) is 60.7 Å². The van der Waals surface area contributed by atoms with Crippen molar-refractivity contribution in [1.29, 1.82) is 0 Å². The molecule has 6 heteroatoms. The fourth-order valence-corrected chi connectivity index (χ4v) is 3.04. The summed E-state index contributed by atoms with van der Waals surface area (Å²) in [5.41, 5.74) is 2.04. The third-order valence-electron chi connectivity index (χ3n) is 4.45. The number of esters is 2. The SMILES string of the molecule is COC(=O)c1ccccc1NC(=O)COC(=O)C(c1ccccc1)c1ccccc1. The first-order valence-electron chi connectivity index (χ1n) is 9.34. The Labute approximate surface area is 174 Å². The van der Waals surface area contributed by atoms with E-state index >= 15 is 0 Å². The number of para-hydroxylation sites is 1. The largest absolute Gasteiger partial charge is 0.465 e. The van der Waals surface area contributed by atoms with Gasteiger partial charge in [-0.1, -0.05) is 72.8 Å². The van der Waals surface area contributed by atoms with Gasteiger partial charge in [-0.25, -0.2) is 4.79 Å². The number of amides is 1. The predicted molar refractivity (Wildman–Crippen MR) is 112 cm³/mol. The minimum atomic E-state index is -0.650. The van der Waals surface area contributed by atoms with Crippen molar-refractivity contribution in [3.05, 3.63) is 102 Å². The first kappa shape index (κ1) is 20.8. The number of hydrogen-bond acceptors (Lipinski definition) is 5. The van der Waals surface area contributed by atoms with Gasteiger partial charge in [0.15, 0.2) is 6.61 Å². The highest BCUT2D eigenvalue weighted by Gasteiger charge is 2.25. The van der Waals surface area contributed by atoms with Gasteiger partial charge in [0, 0.05) is 0 Å². The summed E-state index contributed by atoms with van der Waals surface area (Å²) in [6.07, 6.45) is 0. The molecule has 0 atom stereocenters. The lowest BCUT2D eigenvalue weighted by Gasteiger charge is -2.17. The molecule has 3 aromatic rings. The van der Waals surface area contributed by atoms with Crippen LogP contribution in [-0.2, 0) is 19.1 Å². The lowest BCUT2D eigenvalue weighted by atomic mass is 9.91. The summed E-state index contributed by atoms with van der Waals surface area (Å²) in [4.78, 5) is 37.0. The van der Waals surface area contributed by atoms with E-state index in [-0.39, 0.29) is 11.3 Å². The summed E-state index contributed by atoms with van der Waals surface area (Å²) in [5.74, 6) is -2.32. The van der Waals surface area contributed by atoms with Crippen LogP contribution in [-0.4, -0.2) is 31.6 Å². The molecule has 0 heterocycles. The van der Waals surface area contributed by atoms with Crippen molar-refractivity contribution in [3.63, 3.8) is 0 Å². The van der Waals surface area contributed by atoms with Crippen molar-refractivity contribution in [2.24, 2.45) is 0 Å². The van der Waals surface area contributed by atoms with Crippen LogP contribution in [0.2, 0.25) is 0 Å². The molecular weight excluding hydrogens is 382 g/mol. The fourth-order valence-electron chi connectivity index (χ4n) is 3.04. The molecule has 0 aliphatic heterocycles. The average molecular weight is 403 g/mol. The molecule has 0 aliphatic carbocycles. The van der Waals surface area contributed by atoms with Gasteiger partial charge in [0.2, 0.25) is 0 Å². The van der Waals surface area contributed by atoms with Gasteiger partial charge in [0.1, 0.15) is 5.92 Å². The van der Waals surface area contributed by atoms with Gasteiger partial charge in [0.25, 0.3) is 5.91 Å². The second-order valence-electron chi connectivity index (χ2n) is 6.45. The zero-order chi connectivity index (χ0) is 21.3. The number of carbonyl (C=O) groups excluding carboxylic acids is 3. The van der Waals surface area contributed by atoms with Crippen LogP contribution in [0.5, 0.6) is 0 Å². The number of methoxy groups -OCH3 is 1. The van der Waals surface area contributed by atoms with Crippen molar-refractivity contribution >= 4 is 23.5 Å². The number of anilines is 1. The zero-order valence-electron chi connectivity index (χ0n) is 16.4. The number of nitrogens with one attached hydrogen (secondary N) is 1. The van der Waals surface area contributed by atoms with Crippen LogP contribution in [0.25, 0.3) is 0 Å². The Morgan fingerprint density at radius 3 is 1.90 bits per heavy atom. The Bertz CT molecular complexity index is 979. The quantitative estimate of drug-likeness (QED) is 0.607. The summed E-state index contributed by atoms with van der Waals surface area (Å²) in [7, 11) is 1.26. The van der Waals surface area contributed by atoms with Crippen LogP contribution in [0.3, 0.4) is 0 Å². The molecular formula is C24H21NO5. The molecule has 3 rings (SSSR count). The molecule has 0 saturated carbocycles. The van der Waals surface area contributed by atoms with E-state index in [2.05, 4.69) is 5.32 Å². The van der Waals surface area contributed by atoms with E-state index in [1.54, 1.807) is 18.2 Å². The maximum Gasteiger partial charge on any atom is 0.339 e. The third-order valence-corrected chi connectivity index (χ3v) is 4.45. The molecule has 0 radical (unpaired) electrons. The van der Waals surface area contributed by atoms with Crippen molar-refractivity contribution < 1.29 is 23.9 Å². The Hall–Kier alpha value is -3.93. The van der Waals surface area contributed by atoms with Crippen molar-refractivity contribution in [2.45, 2.75) is 5.92 Å². The van der Waals surface area contributed by atoms with Gasteiger partial charge in [-0.2, -0.15) is 0 Å². The number of hydrogen-bond donors (Lipinski definition) is 1. The summed E-state index contributed by atoms with van der Waals surface area (Å²) in [6, 6.07) is 24.9. The highest BCUT2D eigenvalue weighted by Crippen LogP contribution is 2.26. The Kier molecular flexibility index (Phi) is 6.95. The highest BCUT2D eigenvalue weighted by molar-refractivity contribution is 6.02. The fraction of sp³-hybridized carbons (Fsp3) is 0.125. The first-order valence-corrected chi connectivity index (χ1v) is 9.34. The van der Waals surface area contributed by atoms with Crippen LogP contribution in [0.1, 0.15) is 27.4 Å². The molecule has 0 aliphatic rings. The van der Waals surface area contributed by atoms with Crippen LogP contribution in [0.4, 0.5) is 5.69 Å². The topological polar surface area (TPSA) is 81.7 Å². The molecule has 1 amide bonds. The average Bonchev–Trinajstić information content (AvgIpc) is 2.79. The molecule has 3 aromatic carbocycles. The second kappa shape index (κ2) is 10.0. The molecule has 0 bridgehead atoms. The summed E-state index contributed by atoms with van der Waals surface area (Å²) in [6.45, 7) is -0.482. The number of ether oxygens (including phenoxy) is 2. The van der Waals surface area contributed by atoms with Gasteiger partial charge >= 0.3 is 11.9 Å². The van der Waals surface area contributed by atoms with E-state index in [0.29, 0.717) is 0 Å². The van der Waals surface area contributed by atoms with E-state index in [1.165, 1.54) is 13.2 Å². The third kappa shape index (κ3) is 5.11. The molecule has 0 unspecified atom stereocenters. The minimum Gasteiger partial charge on any atom is -0.465 e. The molecule has 0 fully saturated rings. The highest BCUT2D eigenvalue weighted by atomic mass is 16.5. The maximum absolute atomic E-state index is 12.8. The standard InChI is InChI=1S/C24H21NO5/c1-29-23(27)19-14-8-9-15-20(19)25-21(26)16-30-24(28)22(17-10-4-2-5-11-17)18-12-6-3-7-13-18/h2-15,22H,16H2,1H3,(H,25,26). The molecule has 30 heavy (non-hydrogen) atoms. The summed E-state index contributed by atoms with van der Waals surface area (Å²) < 4.78 is 10.0. The van der Waals surface area contributed by atoms with Crippen LogP contribution in [0, 0.1) is 0 Å². The van der Waals surface area contributed by atoms with E-state index < -0.39 is 30.4 Å². The van der Waals surface area contributed by atoms with Crippen LogP contribution in [0.15, 0.2) is 84.9 Å². The molecule has 0 spiro atoms. The summed E-state index contributed by atoms with van der Waals surface area (Å²) >= 11 is 0. The lowest BCUT2D eigenvalue weighted by Crippen LogP contribution is -2.25.